The van der Waals surface area contributed by atoms with E-state index in [0.29, 0.717) is 13.1 Å². The summed E-state index contributed by atoms with van der Waals surface area (Å²) in [6, 6.07) is -0.532. The molecule has 0 aromatic heterocycles. The van der Waals surface area contributed by atoms with Gasteiger partial charge in [0.1, 0.15) is 12.1 Å². The minimum absolute atomic E-state index is 0.137. The summed E-state index contributed by atoms with van der Waals surface area (Å²) in [6.07, 6.45) is 1.79. The number of carbonyl (C=O) groups is 3. The Morgan fingerprint density at radius 2 is 1.71 bits per heavy atom. The zero-order chi connectivity index (χ0) is 20.7. The van der Waals surface area contributed by atoms with Crippen molar-refractivity contribution in [2.24, 2.45) is 5.92 Å². The summed E-state index contributed by atoms with van der Waals surface area (Å²) in [5, 5.41) is 2.73. The van der Waals surface area contributed by atoms with Crippen molar-refractivity contribution in [2.45, 2.75) is 39.2 Å². The van der Waals surface area contributed by atoms with E-state index in [9.17, 15) is 22.8 Å². The van der Waals surface area contributed by atoms with Crippen molar-refractivity contribution in [3.63, 3.8) is 0 Å². The lowest BCUT2D eigenvalue weighted by molar-refractivity contribution is -0.139. The highest BCUT2D eigenvalue weighted by atomic mass is 32.2. The maximum Gasteiger partial charge on any atom is 0.325 e. The second-order valence-electron chi connectivity index (χ2n) is 7.67. The number of carbonyl (C=O) groups excluding carboxylic acids is 3. The number of imide groups is 1. The van der Waals surface area contributed by atoms with Gasteiger partial charge in [-0.1, -0.05) is 13.8 Å². The smallest absolute Gasteiger partial charge is 0.325 e. The van der Waals surface area contributed by atoms with E-state index in [1.807, 2.05) is 0 Å². The number of piperazine rings is 1. The molecule has 0 bridgehead atoms. The second kappa shape index (κ2) is 7.60. The average Bonchev–Trinajstić information content (AvgIpc) is 3.48. The maximum atomic E-state index is 12.6. The standard InChI is InChI=1S/C17H29N5O5S/c1-4-20(5-2)28(26,27)21-10-8-19(9-11-21)14(23)12-22-15(24)17(3,13-6-7-13)18-16(22)25/h13H,4-12H2,1-3H3,(H,18,25). The van der Waals surface area contributed by atoms with E-state index in [4.69, 9.17) is 0 Å². The lowest BCUT2D eigenvalue weighted by atomic mass is 9.96. The van der Waals surface area contributed by atoms with Crippen LogP contribution in [-0.2, 0) is 19.8 Å². The van der Waals surface area contributed by atoms with Crippen LogP contribution in [0.25, 0.3) is 0 Å². The summed E-state index contributed by atoms with van der Waals surface area (Å²) in [5.74, 6) is -0.558. The topological polar surface area (TPSA) is 110 Å². The molecule has 3 aliphatic rings. The minimum atomic E-state index is -3.53. The van der Waals surface area contributed by atoms with Crippen LogP contribution in [0.4, 0.5) is 4.79 Å². The normalized spacial score (nSPS) is 26.9. The van der Waals surface area contributed by atoms with Crippen LogP contribution in [-0.4, -0.2) is 96.0 Å². The minimum Gasteiger partial charge on any atom is -0.338 e. The number of nitrogens with zero attached hydrogens (tertiary/aromatic N) is 4. The summed E-state index contributed by atoms with van der Waals surface area (Å²) in [5.41, 5.74) is -0.909. The summed E-state index contributed by atoms with van der Waals surface area (Å²) in [7, 11) is -3.53. The molecular formula is C17H29N5O5S. The second-order valence-corrected chi connectivity index (χ2v) is 9.60. The first-order valence-corrected chi connectivity index (χ1v) is 11.2. The fraction of sp³-hybridized carbons (Fsp3) is 0.824. The van der Waals surface area contributed by atoms with Gasteiger partial charge >= 0.3 is 6.03 Å². The zero-order valence-corrected chi connectivity index (χ0v) is 17.5. The highest BCUT2D eigenvalue weighted by Crippen LogP contribution is 2.42. The molecule has 0 radical (unpaired) electrons. The Hall–Kier alpha value is -1.72. The number of hydrogen-bond acceptors (Lipinski definition) is 5. The van der Waals surface area contributed by atoms with Crippen LogP contribution in [0.15, 0.2) is 0 Å². The third kappa shape index (κ3) is 3.62. The average molecular weight is 416 g/mol. The van der Waals surface area contributed by atoms with Crippen LogP contribution in [0.3, 0.4) is 0 Å². The number of amides is 4. The van der Waals surface area contributed by atoms with Crippen molar-refractivity contribution < 1.29 is 22.8 Å². The number of rotatable bonds is 7. The van der Waals surface area contributed by atoms with Crippen LogP contribution in [0.2, 0.25) is 0 Å². The third-order valence-corrected chi connectivity index (χ3v) is 8.12. The Balaban J connectivity index is 1.57. The molecule has 1 atom stereocenters. The molecule has 3 rings (SSSR count). The molecule has 1 aliphatic carbocycles. The summed E-state index contributed by atoms with van der Waals surface area (Å²) < 4.78 is 27.9. The van der Waals surface area contributed by atoms with E-state index in [0.717, 1.165) is 17.7 Å². The Morgan fingerprint density at radius 3 is 2.21 bits per heavy atom. The monoisotopic (exact) mass is 415 g/mol. The van der Waals surface area contributed by atoms with Gasteiger partial charge in [-0.05, 0) is 25.7 Å². The van der Waals surface area contributed by atoms with E-state index in [1.54, 1.807) is 20.8 Å². The van der Waals surface area contributed by atoms with Gasteiger partial charge in [0, 0.05) is 39.3 Å². The maximum absolute atomic E-state index is 12.6. The van der Waals surface area contributed by atoms with Gasteiger partial charge in [0.25, 0.3) is 16.1 Å². The van der Waals surface area contributed by atoms with E-state index in [1.165, 1.54) is 13.5 Å². The molecular weight excluding hydrogens is 386 g/mol. The SMILES string of the molecule is CCN(CC)S(=O)(=O)N1CCN(C(=O)CN2C(=O)NC(C)(C3CC3)C2=O)CC1. The Bertz CT molecular complexity index is 756. The van der Waals surface area contributed by atoms with Gasteiger partial charge in [0.05, 0.1) is 0 Å². The van der Waals surface area contributed by atoms with Crippen molar-refractivity contribution in [1.29, 1.82) is 0 Å². The lowest BCUT2D eigenvalue weighted by Gasteiger charge is -2.36. The lowest BCUT2D eigenvalue weighted by Crippen LogP contribution is -2.55. The van der Waals surface area contributed by atoms with Crippen molar-refractivity contribution in [1.82, 2.24) is 23.7 Å². The van der Waals surface area contributed by atoms with Crippen molar-refractivity contribution in [3.8, 4) is 0 Å². The molecule has 0 spiro atoms. The Morgan fingerprint density at radius 1 is 1.14 bits per heavy atom. The summed E-state index contributed by atoms with van der Waals surface area (Å²) in [6.45, 7) is 6.64. The van der Waals surface area contributed by atoms with Crippen molar-refractivity contribution in [2.75, 3.05) is 45.8 Å². The van der Waals surface area contributed by atoms with Gasteiger partial charge in [-0.25, -0.2) is 4.79 Å². The molecule has 2 heterocycles. The van der Waals surface area contributed by atoms with Crippen LogP contribution < -0.4 is 5.32 Å². The fourth-order valence-electron chi connectivity index (χ4n) is 3.91. The molecule has 10 nitrogen and oxygen atoms in total. The summed E-state index contributed by atoms with van der Waals surface area (Å²) in [4.78, 5) is 40.0. The van der Waals surface area contributed by atoms with E-state index >= 15 is 0 Å². The van der Waals surface area contributed by atoms with Gasteiger partial charge in [0.2, 0.25) is 5.91 Å². The quantitative estimate of drug-likeness (QED) is 0.561. The van der Waals surface area contributed by atoms with E-state index in [-0.39, 0.29) is 50.5 Å². The predicted molar refractivity (Wildman–Crippen MR) is 101 cm³/mol. The van der Waals surface area contributed by atoms with Gasteiger partial charge in [-0.3, -0.25) is 14.5 Å². The first kappa shape index (κ1) is 21.0. The first-order chi connectivity index (χ1) is 13.1. The molecule has 2 saturated heterocycles. The molecule has 2 aliphatic heterocycles. The Labute approximate surface area is 166 Å². The van der Waals surface area contributed by atoms with E-state index < -0.39 is 21.8 Å². The first-order valence-electron chi connectivity index (χ1n) is 9.82. The molecule has 28 heavy (non-hydrogen) atoms. The molecule has 1 saturated carbocycles. The van der Waals surface area contributed by atoms with Crippen LogP contribution in [0.1, 0.15) is 33.6 Å². The van der Waals surface area contributed by atoms with Crippen molar-refractivity contribution in [3.05, 3.63) is 0 Å². The van der Waals surface area contributed by atoms with Gasteiger partial charge in [-0.15, -0.1) is 0 Å². The molecule has 3 fully saturated rings. The van der Waals surface area contributed by atoms with Gasteiger partial charge < -0.3 is 10.2 Å². The molecule has 0 aromatic rings. The molecule has 4 amide bonds. The van der Waals surface area contributed by atoms with Crippen LogP contribution >= 0.6 is 0 Å². The largest absolute Gasteiger partial charge is 0.338 e. The Kier molecular flexibility index (Phi) is 5.70. The molecule has 0 aromatic carbocycles. The zero-order valence-electron chi connectivity index (χ0n) is 16.7. The number of nitrogens with one attached hydrogen (secondary N) is 1. The highest BCUT2D eigenvalue weighted by molar-refractivity contribution is 7.86. The van der Waals surface area contributed by atoms with Crippen LogP contribution in [0.5, 0.6) is 0 Å². The van der Waals surface area contributed by atoms with Gasteiger partial charge in [0.15, 0.2) is 0 Å². The molecule has 1 unspecified atom stereocenters. The van der Waals surface area contributed by atoms with Crippen molar-refractivity contribution >= 4 is 28.1 Å². The molecule has 11 heteroatoms. The highest BCUT2D eigenvalue weighted by Gasteiger charge is 2.56. The third-order valence-electron chi connectivity index (χ3n) is 5.94. The predicted octanol–water partition coefficient (Wildman–Crippen LogP) is -0.562. The fourth-order valence-corrected chi connectivity index (χ4v) is 5.52. The van der Waals surface area contributed by atoms with Gasteiger partial charge in [-0.2, -0.15) is 17.0 Å². The molecule has 1 N–H and O–H groups in total. The number of hydrogen-bond donors (Lipinski definition) is 1. The summed E-state index contributed by atoms with van der Waals surface area (Å²) >= 11 is 0. The van der Waals surface area contributed by atoms with Crippen LogP contribution in [0, 0.1) is 5.92 Å². The van der Waals surface area contributed by atoms with E-state index in [2.05, 4.69) is 5.32 Å². The number of urea groups is 1. The molecule has 158 valence electrons.